The first kappa shape index (κ1) is 11.5. The summed E-state index contributed by atoms with van der Waals surface area (Å²) >= 11 is 3.53. The summed E-state index contributed by atoms with van der Waals surface area (Å²) in [4.78, 5) is 2.29. The molecule has 0 spiro atoms. The highest BCUT2D eigenvalue weighted by Crippen LogP contribution is 2.38. The minimum atomic E-state index is 0.573. The van der Waals surface area contributed by atoms with Gasteiger partial charge in [-0.3, -0.25) is 0 Å². The number of benzene rings is 1. The van der Waals surface area contributed by atoms with Gasteiger partial charge in [-0.05, 0) is 59.8 Å². The summed E-state index contributed by atoms with van der Waals surface area (Å²) in [5, 5.41) is 8.81. The van der Waals surface area contributed by atoms with Gasteiger partial charge in [0, 0.05) is 17.6 Å². The average Bonchev–Trinajstić information content (AvgIpc) is 3.10. The van der Waals surface area contributed by atoms with Crippen molar-refractivity contribution in [1.82, 2.24) is 0 Å². The average molecular weight is 279 g/mol. The van der Waals surface area contributed by atoms with Gasteiger partial charge in [0.05, 0.1) is 17.3 Å². The lowest BCUT2D eigenvalue weighted by molar-refractivity contribution is 0.608. The molecule has 0 aromatic heterocycles. The van der Waals surface area contributed by atoms with E-state index in [1.165, 1.54) is 18.5 Å². The summed E-state index contributed by atoms with van der Waals surface area (Å²) in [7, 11) is 2.12. The van der Waals surface area contributed by atoms with E-state index in [9.17, 15) is 0 Å². The lowest BCUT2D eigenvalue weighted by Crippen LogP contribution is -2.30. The Morgan fingerprint density at radius 3 is 2.69 bits per heavy atom. The van der Waals surface area contributed by atoms with Gasteiger partial charge in [-0.15, -0.1) is 0 Å². The Hall–Kier alpha value is -1.01. The molecule has 1 aliphatic carbocycles. The zero-order valence-corrected chi connectivity index (χ0v) is 11.2. The summed E-state index contributed by atoms with van der Waals surface area (Å²) in [5.74, 6) is 0.840. The van der Waals surface area contributed by atoms with Gasteiger partial charge in [0.15, 0.2) is 0 Å². The van der Waals surface area contributed by atoms with E-state index in [2.05, 4.69) is 40.9 Å². The van der Waals surface area contributed by atoms with Crippen LogP contribution >= 0.6 is 15.9 Å². The van der Waals surface area contributed by atoms with Gasteiger partial charge in [-0.2, -0.15) is 5.26 Å². The lowest BCUT2D eigenvalue weighted by Gasteiger charge is -2.28. The van der Waals surface area contributed by atoms with Crippen molar-refractivity contribution in [3.05, 3.63) is 28.2 Å². The van der Waals surface area contributed by atoms with Gasteiger partial charge in [0.1, 0.15) is 0 Å². The molecule has 1 aromatic carbocycles. The molecule has 1 unspecified atom stereocenters. The molecule has 0 N–H and O–H groups in total. The molecular weight excluding hydrogens is 264 g/mol. The third-order valence-electron chi connectivity index (χ3n) is 3.37. The maximum atomic E-state index is 8.81. The highest BCUT2D eigenvalue weighted by molar-refractivity contribution is 9.10. The van der Waals surface area contributed by atoms with E-state index in [-0.39, 0.29) is 0 Å². The van der Waals surface area contributed by atoms with Gasteiger partial charge >= 0.3 is 0 Å². The van der Waals surface area contributed by atoms with Gasteiger partial charge in [-0.25, -0.2) is 0 Å². The van der Waals surface area contributed by atoms with Crippen LogP contribution in [0.15, 0.2) is 22.7 Å². The Bertz CT molecular complexity index is 432. The second-order valence-corrected chi connectivity index (χ2v) is 5.32. The Morgan fingerprint density at radius 1 is 1.50 bits per heavy atom. The third kappa shape index (κ3) is 2.22. The fraction of sp³-hybridized carbons (Fsp3) is 0.462. The maximum Gasteiger partial charge on any atom is 0.0992 e. The van der Waals surface area contributed by atoms with E-state index in [0.29, 0.717) is 11.6 Å². The molecule has 0 radical (unpaired) electrons. The quantitative estimate of drug-likeness (QED) is 0.846. The first-order valence-corrected chi connectivity index (χ1v) is 6.35. The molecule has 0 heterocycles. The third-order valence-corrected chi connectivity index (χ3v) is 4.01. The minimum absolute atomic E-state index is 0.573. The van der Waals surface area contributed by atoms with Crippen LogP contribution in [0.5, 0.6) is 0 Å². The largest absolute Gasteiger partial charge is 0.371 e. The van der Waals surface area contributed by atoms with E-state index in [1.807, 2.05) is 18.2 Å². The lowest BCUT2D eigenvalue weighted by atomic mass is 10.1. The summed E-state index contributed by atoms with van der Waals surface area (Å²) in [5.41, 5.74) is 1.86. The fourth-order valence-corrected chi connectivity index (χ4v) is 2.64. The molecule has 0 bridgehead atoms. The smallest absolute Gasteiger partial charge is 0.0992 e. The molecule has 2 nitrogen and oxygen atoms in total. The van der Waals surface area contributed by atoms with Crippen LogP contribution in [0.1, 0.15) is 25.3 Å². The molecule has 1 fully saturated rings. The number of anilines is 1. The van der Waals surface area contributed by atoms with Gasteiger partial charge in [0.25, 0.3) is 0 Å². The van der Waals surface area contributed by atoms with Crippen LogP contribution in [-0.4, -0.2) is 13.1 Å². The van der Waals surface area contributed by atoms with Crippen molar-refractivity contribution in [2.24, 2.45) is 5.92 Å². The van der Waals surface area contributed by atoms with Gasteiger partial charge < -0.3 is 4.90 Å². The molecule has 0 saturated heterocycles. The van der Waals surface area contributed by atoms with Crippen molar-refractivity contribution in [2.45, 2.75) is 25.8 Å². The molecule has 16 heavy (non-hydrogen) atoms. The number of halogens is 1. The second kappa shape index (κ2) is 4.47. The normalized spacial score (nSPS) is 16.6. The summed E-state index contributed by atoms with van der Waals surface area (Å²) in [6.07, 6.45) is 2.69. The Balaban J connectivity index is 2.22. The van der Waals surface area contributed by atoms with Crippen LogP contribution in [0.4, 0.5) is 5.69 Å². The Morgan fingerprint density at radius 2 is 2.19 bits per heavy atom. The first-order valence-electron chi connectivity index (χ1n) is 5.56. The molecule has 0 aliphatic heterocycles. The van der Waals surface area contributed by atoms with E-state index in [1.54, 1.807) is 0 Å². The zero-order valence-electron chi connectivity index (χ0n) is 9.57. The summed E-state index contributed by atoms with van der Waals surface area (Å²) in [6.45, 7) is 2.27. The molecule has 3 heteroatoms. The predicted molar refractivity (Wildman–Crippen MR) is 69.4 cm³/mol. The number of nitriles is 1. The van der Waals surface area contributed by atoms with Crippen LogP contribution in [0.25, 0.3) is 0 Å². The Labute approximate surface area is 105 Å². The topological polar surface area (TPSA) is 27.0 Å². The van der Waals surface area contributed by atoms with Crippen LogP contribution in [0.2, 0.25) is 0 Å². The van der Waals surface area contributed by atoms with E-state index in [0.717, 1.165) is 10.4 Å². The molecule has 0 amide bonds. The zero-order chi connectivity index (χ0) is 11.7. The first-order chi connectivity index (χ1) is 7.63. The van der Waals surface area contributed by atoms with Crippen molar-refractivity contribution < 1.29 is 0 Å². The van der Waals surface area contributed by atoms with E-state index >= 15 is 0 Å². The molecule has 1 aliphatic rings. The van der Waals surface area contributed by atoms with Crippen molar-refractivity contribution in [3.8, 4) is 6.07 Å². The van der Waals surface area contributed by atoms with Crippen LogP contribution in [0, 0.1) is 17.2 Å². The second-order valence-electron chi connectivity index (χ2n) is 4.47. The molecule has 1 aromatic rings. The van der Waals surface area contributed by atoms with Gasteiger partial charge in [0.2, 0.25) is 0 Å². The standard InChI is InChI=1S/C13H15BrN2/c1-9(11-4-5-11)16(2)13-6-3-10(8-15)7-12(13)14/h3,6-7,9,11H,4-5H2,1-2H3. The molecule has 1 saturated carbocycles. The predicted octanol–water partition coefficient (Wildman–Crippen LogP) is 3.56. The molecule has 1 atom stereocenters. The molecule has 84 valence electrons. The minimum Gasteiger partial charge on any atom is -0.371 e. The maximum absolute atomic E-state index is 8.81. The number of hydrogen-bond donors (Lipinski definition) is 0. The SMILES string of the molecule is CC(C1CC1)N(C)c1ccc(C#N)cc1Br. The Kier molecular flexibility index (Phi) is 3.20. The highest BCUT2D eigenvalue weighted by atomic mass is 79.9. The van der Waals surface area contributed by atoms with E-state index < -0.39 is 0 Å². The van der Waals surface area contributed by atoms with E-state index in [4.69, 9.17) is 5.26 Å². The molecular formula is C13H15BrN2. The molecule has 2 rings (SSSR count). The summed E-state index contributed by atoms with van der Waals surface area (Å²) < 4.78 is 1.00. The van der Waals surface area contributed by atoms with Crippen molar-refractivity contribution in [3.63, 3.8) is 0 Å². The van der Waals surface area contributed by atoms with Crippen molar-refractivity contribution >= 4 is 21.6 Å². The fourth-order valence-electron chi connectivity index (χ4n) is 1.98. The van der Waals surface area contributed by atoms with Crippen LogP contribution in [0.3, 0.4) is 0 Å². The monoisotopic (exact) mass is 278 g/mol. The highest BCUT2D eigenvalue weighted by Gasteiger charge is 2.31. The van der Waals surface area contributed by atoms with Crippen molar-refractivity contribution in [2.75, 3.05) is 11.9 Å². The van der Waals surface area contributed by atoms with Gasteiger partial charge in [-0.1, -0.05) is 0 Å². The number of nitrogens with zero attached hydrogens (tertiary/aromatic N) is 2. The number of rotatable bonds is 3. The number of hydrogen-bond acceptors (Lipinski definition) is 2. The van der Waals surface area contributed by atoms with Crippen molar-refractivity contribution in [1.29, 1.82) is 5.26 Å². The van der Waals surface area contributed by atoms with Crippen LogP contribution in [-0.2, 0) is 0 Å². The van der Waals surface area contributed by atoms with Crippen LogP contribution < -0.4 is 4.90 Å². The summed E-state index contributed by atoms with van der Waals surface area (Å²) in [6, 6.07) is 8.49.